The van der Waals surface area contributed by atoms with Gasteiger partial charge in [-0.15, -0.1) is 0 Å². The molecule has 0 unspecified atom stereocenters. The van der Waals surface area contributed by atoms with Crippen LogP contribution in [0.1, 0.15) is 26.7 Å². The first-order chi connectivity index (χ1) is 4.96. The van der Waals surface area contributed by atoms with Crippen molar-refractivity contribution < 1.29 is 9.90 Å². The number of carboxylic acids is 1. The van der Waals surface area contributed by atoms with Crippen LogP contribution in [0.2, 0.25) is 0 Å². The molecule has 0 amide bonds. The molecule has 0 aliphatic heterocycles. The molecule has 0 saturated heterocycles. The summed E-state index contributed by atoms with van der Waals surface area (Å²) in [6, 6.07) is -0.181. The Kier molecular flexibility index (Phi) is 1.92. The van der Waals surface area contributed by atoms with E-state index < -0.39 is 11.4 Å². The molecule has 11 heavy (non-hydrogen) atoms. The van der Waals surface area contributed by atoms with Gasteiger partial charge in [-0.1, -0.05) is 0 Å². The monoisotopic (exact) mass is 157 g/mol. The molecule has 1 aliphatic carbocycles. The lowest BCUT2D eigenvalue weighted by Gasteiger charge is -2.26. The summed E-state index contributed by atoms with van der Waals surface area (Å²) < 4.78 is 0. The van der Waals surface area contributed by atoms with E-state index in [1.165, 1.54) is 0 Å². The lowest BCUT2D eigenvalue weighted by Crippen LogP contribution is -2.44. The van der Waals surface area contributed by atoms with E-state index in [0.717, 1.165) is 12.8 Å². The van der Waals surface area contributed by atoms with Crippen molar-refractivity contribution in [2.45, 2.75) is 32.7 Å². The predicted molar refractivity (Wildman–Crippen MR) is 42.1 cm³/mol. The van der Waals surface area contributed by atoms with Crippen molar-refractivity contribution >= 4 is 5.97 Å². The average Bonchev–Trinajstić information content (AvgIpc) is 2.66. The van der Waals surface area contributed by atoms with Crippen LogP contribution >= 0.6 is 0 Å². The lowest BCUT2D eigenvalue weighted by atomic mass is 9.82. The summed E-state index contributed by atoms with van der Waals surface area (Å²) >= 11 is 0. The van der Waals surface area contributed by atoms with Crippen LogP contribution in [0.3, 0.4) is 0 Å². The maximum Gasteiger partial charge on any atom is 0.310 e. The summed E-state index contributed by atoms with van der Waals surface area (Å²) in [4.78, 5) is 10.7. The molecule has 3 heteroatoms. The molecular weight excluding hydrogens is 142 g/mol. The van der Waals surface area contributed by atoms with E-state index in [2.05, 4.69) is 0 Å². The van der Waals surface area contributed by atoms with E-state index in [1.54, 1.807) is 13.8 Å². The lowest BCUT2D eigenvalue weighted by molar-refractivity contribution is -0.148. The first kappa shape index (κ1) is 8.53. The van der Waals surface area contributed by atoms with Crippen LogP contribution in [0.5, 0.6) is 0 Å². The Morgan fingerprint density at radius 1 is 1.64 bits per heavy atom. The zero-order valence-corrected chi connectivity index (χ0v) is 7.00. The van der Waals surface area contributed by atoms with Crippen LogP contribution in [0, 0.1) is 11.3 Å². The molecule has 1 aliphatic rings. The third-order valence-electron chi connectivity index (χ3n) is 2.51. The summed E-state index contributed by atoms with van der Waals surface area (Å²) in [7, 11) is 0. The largest absolute Gasteiger partial charge is 0.481 e. The fourth-order valence-corrected chi connectivity index (χ4v) is 1.19. The van der Waals surface area contributed by atoms with Gasteiger partial charge in [-0.2, -0.15) is 0 Å². The Morgan fingerprint density at radius 2 is 2.09 bits per heavy atom. The summed E-state index contributed by atoms with van der Waals surface area (Å²) in [5.41, 5.74) is 5.01. The number of hydrogen-bond acceptors (Lipinski definition) is 2. The molecule has 0 aromatic carbocycles. The minimum atomic E-state index is -0.795. The van der Waals surface area contributed by atoms with Crippen molar-refractivity contribution in [2.24, 2.45) is 17.1 Å². The molecule has 0 radical (unpaired) electrons. The van der Waals surface area contributed by atoms with Gasteiger partial charge < -0.3 is 10.8 Å². The number of carbonyl (C=O) groups is 1. The number of carboxylic acid groups (broad SMARTS) is 1. The standard InChI is InChI=1S/C8H15NO2/c1-8(2,7(10)11)6(9)5-3-4-5/h5-6H,3-4,9H2,1-2H3,(H,10,11)/t6-/m1/s1. The predicted octanol–water partition coefficient (Wildman–Crippen LogP) is 0.834. The molecule has 3 nitrogen and oxygen atoms in total. The second-order valence-electron chi connectivity index (χ2n) is 3.89. The third kappa shape index (κ3) is 1.53. The molecule has 0 aromatic rings. The molecule has 1 fully saturated rings. The molecule has 1 saturated carbocycles. The minimum absolute atomic E-state index is 0.181. The highest BCUT2D eigenvalue weighted by molar-refractivity contribution is 5.74. The zero-order valence-electron chi connectivity index (χ0n) is 7.00. The maximum absolute atomic E-state index is 10.7. The van der Waals surface area contributed by atoms with Gasteiger partial charge in [0.15, 0.2) is 0 Å². The highest BCUT2D eigenvalue weighted by atomic mass is 16.4. The highest BCUT2D eigenvalue weighted by Crippen LogP contribution is 2.39. The van der Waals surface area contributed by atoms with Crippen molar-refractivity contribution in [3.63, 3.8) is 0 Å². The quantitative estimate of drug-likeness (QED) is 0.638. The van der Waals surface area contributed by atoms with Crippen LogP contribution < -0.4 is 5.73 Å². The van der Waals surface area contributed by atoms with Gasteiger partial charge in [0, 0.05) is 6.04 Å². The first-order valence-electron chi connectivity index (χ1n) is 3.95. The second kappa shape index (κ2) is 2.48. The van der Waals surface area contributed by atoms with Crippen molar-refractivity contribution in [3.8, 4) is 0 Å². The van der Waals surface area contributed by atoms with E-state index in [4.69, 9.17) is 10.8 Å². The van der Waals surface area contributed by atoms with Crippen LogP contribution in [-0.2, 0) is 4.79 Å². The zero-order chi connectivity index (χ0) is 8.65. The van der Waals surface area contributed by atoms with Crippen molar-refractivity contribution in [1.29, 1.82) is 0 Å². The van der Waals surface area contributed by atoms with Gasteiger partial charge in [0.2, 0.25) is 0 Å². The summed E-state index contributed by atoms with van der Waals surface area (Å²) in [6.07, 6.45) is 2.19. The van der Waals surface area contributed by atoms with Crippen LogP contribution in [0.4, 0.5) is 0 Å². The Hall–Kier alpha value is -0.570. The highest BCUT2D eigenvalue weighted by Gasteiger charge is 2.43. The Bertz CT molecular complexity index is 173. The van der Waals surface area contributed by atoms with Gasteiger partial charge in [-0.25, -0.2) is 0 Å². The molecule has 0 spiro atoms. The van der Waals surface area contributed by atoms with Crippen molar-refractivity contribution in [3.05, 3.63) is 0 Å². The Balaban J connectivity index is 2.61. The van der Waals surface area contributed by atoms with Crippen LogP contribution in [-0.4, -0.2) is 17.1 Å². The van der Waals surface area contributed by atoms with Crippen molar-refractivity contribution in [1.82, 2.24) is 0 Å². The van der Waals surface area contributed by atoms with Crippen LogP contribution in [0.25, 0.3) is 0 Å². The van der Waals surface area contributed by atoms with E-state index >= 15 is 0 Å². The topological polar surface area (TPSA) is 63.3 Å². The molecule has 1 atom stereocenters. The fraction of sp³-hybridized carbons (Fsp3) is 0.875. The molecule has 1 rings (SSSR count). The Morgan fingerprint density at radius 3 is 2.36 bits per heavy atom. The van der Waals surface area contributed by atoms with Crippen molar-refractivity contribution in [2.75, 3.05) is 0 Å². The fourth-order valence-electron chi connectivity index (χ4n) is 1.19. The van der Waals surface area contributed by atoms with E-state index in [-0.39, 0.29) is 6.04 Å². The number of nitrogens with two attached hydrogens (primary N) is 1. The van der Waals surface area contributed by atoms with Gasteiger partial charge in [0.25, 0.3) is 0 Å². The Labute approximate surface area is 66.6 Å². The summed E-state index contributed by atoms with van der Waals surface area (Å²) in [5, 5.41) is 8.81. The van der Waals surface area contributed by atoms with Gasteiger partial charge in [-0.3, -0.25) is 4.79 Å². The number of rotatable bonds is 3. The molecule has 3 N–H and O–H groups in total. The molecule has 0 bridgehead atoms. The second-order valence-corrected chi connectivity index (χ2v) is 3.89. The normalized spacial score (nSPS) is 21.4. The molecule has 0 aromatic heterocycles. The van der Waals surface area contributed by atoms with Gasteiger partial charge in [-0.05, 0) is 32.6 Å². The minimum Gasteiger partial charge on any atom is -0.481 e. The SMILES string of the molecule is CC(C)(C(=O)O)[C@H](N)C1CC1. The third-order valence-corrected chi connectivity index (χ3v) is 2.51. The molecular formula is C8H15NO2. The summed E-state index contributed by atoms with van der Waals surface area (Å²) in [5.74, 6) is -0.349. The van der Waals surface area contributed by atoms with E-state index in [0.29, 0.717) is 5.92 Å². The van der Waals surface area contributed by atoms with E-state index in [1.807, 2.05) is 0 Å². The van der Waals surface area contributed by atoms with Gasteiger partial charge >= 0.3 is 5.97 Å². The van der Waals surface area contributed by atoms with Gasteiger partial charge in [0.05, 0.1) is 5.41 Å². The molecule has 64 valence electrons. The number of hydrogen-bond donors (Lipinski definition) is 2. The first-order valence-corrected chi connectivity index (χ1v) is 3.95. The maximum atomic E-state index is 10.7. The smallest absolute Gasteiger partial charge is 0.310 e. The van der Waals surface area contributed by atoms with Gasteiger partial charge in [0.1, 0.15) is 0 Å². The summed E-state index contributed by atoms with van der Waals surface area (Å²) in [6.45, 7) is 3.39. The molecule has 0 heterocycles. The number of aliphatic carboxylic acids is 1. The average molecular weight is 157 g/mol. The van der Waals surface area contributed by atoms with Crippen LogP contribution in [0.15, 0.2) is 0 Å². The van der Waals surface area contributed by atoms with E-state index in [9.17, 15) is 4.79 Å².